The second-order valence-electron chi connectivity index (χ2n) is 10.1. The van der Waals surface area contributed by atoms with Crippen LogP contribution in [0.4, 0.5) is 5.69 Å². The molecule has 0 aliphatic carbocycles. The number of methoxy groups -OCH3 is 1. The molecule has 0 unspecified atom stereocenters. The Labute approximate surface area is 229 Å². The van der Waals surface area contributed by atoms with Gasteiger partial charge in [-0.15, -0.1) is 0 Å². The van der Waals surface area contributed by atoms with E-state index < -0.39 is 21.7 Å². The molecule has 0 saturated heterocycles. The molecule has 8 nitrogen and oxygen atoms in total. The van der Waals surface area contributed by atoms with Crippen LogP contribution in [0, 0.1) is 6.92 Å². The first-order chi connectivity index (χ1) is 18.7. The number of anilines is 1. The van der Waals surface area contributed by atoms with Crippen LogP contribution in [0.5, 0.6) is 17.2 Å². The topological polar surface area (TPSA) is 94.2 Å². The Kier molecular flexibility index (Phi) is 7.20. The molecule has 5 rings (SSSR count). The first kappa shape index (κ1) is 26.9. The van der Waals surface area contributed by atoms with Crippen molar-refractivity contribution in [3.05, 3.63) is 77.9 Å². The summed E-state index contributed by atoms with van der Waals surface area (Å²) in [7, 11) is -2.47. The minimum atomic E-state index is -3.99. The molecular weight excluding hydrogens is 516 g/mol. The van der Waals surface area contributed by atoms with Gasteiger partial charge >= 0.3 is 0 Å². The first-order valence-corrected chi connectivity index (χ1v) is 14.7. The van der Waals surface area contributed by atoms with Crippen molar-refractivity contribution >= 4 is 21.6 Å². The van der Waals surface area contributed by atoms with Gasteiger partial charge in [0, 0.05) is 12.0 Å². The number of nitrogens with zero attached hydrogens (tertiary/aromatic N) is 1. The average Bonchev–Trinajstić information content (AvgIpc) is 2.96. The molecule has 0 aromatic heterocycles. The largest absolute Gasteiger partial charge is 0.497 e. The van der Waals surface area contributed by atoms with Crippen LogP contribution in [0.15, 0.2) is 71.6 Å². The van der Waals surface area contributed by atoms with Crippen LogP contribution in [-0.4, -0.2) is 39.7 Å². The third-order valence-corrected chi connectivity index (χ3v) is 9.52. The Morgan fingerprint density at radius 1 is 1.05 bits per heavy atom. The van der Waals surface area contributed by atoms with Gasteiger partial charge < -0.3 is 19.5 Å². The summed E-state index contributed by atoms with van der Waals surface area (Å²) in [6.07, 6.45) is 1.16. The molecule has 2 atom stereocenters. The summed E-state index contributed by atoms with van der Waals surface area (Å²) in [5.41, 5.74) is 1.79. The highest BCUT2D eigenvalue weighted by atomic mass is 32.2. The van der Waals surface area contributed by atoms with Crippen molar-refractivity contribution in [3.63, 3.8) is 0 Å². The van der Waals surface area contributed by atoms with Crippen molar-refractivity contribution in [1.29, 1.82) is 0 Å². The Morgan fingerprint density at radius 3 is 2.46 bits per heavy atom. The van der Waals surface area contributed by atoms with Gasteiger partial charge in [-0.1, -0.05) is 38.1 Å². The van der Waals surface area contributed by atoms with Crippen LogP contribution >= 0.6 is 0 Å². The molecule has 3 aromatic carbocycles. The Hall–Kier alpha value is -3.72. The van der Waals surface area contributed by atoms with E-state index in [1.165, 1.54) is 23.5 Å². The van der Waals surface area contributed by atoms with E-state index in [-0.39, 0.29) is 23.4 Å². The second-order valence-corrected chi connectivity index (χ2v) is 11.9. The Balaban J connectivity index is 1.46. The molecular formula is C30H34N2O6S. The maximum atomic E-state index is 13.8. The molecule has 2 aliphatic rings. The fourth-order valence-corrected chi connectivity index (χ4v) is 6.76. The first-order valence-electron chi connectivity index (χ1n) is 13.2. The number of nitrogens with one attached hydrogen (secondary N) is 1. The summed E-state index contributed by atoms with van der Waals surface area (Å²) < 4.78 is 46.6. The van der Waals surface area contributed by atoms with Crippen molar-refractivity contribution in [1.82, 2.24) is 5.32 Å². The molecule has 0 radical (unpaired) electrons. The lowest BCUT2D eigenvalue weighted by atomic mass is 9.83. The van der Waals surface area contributed by atoms with Gasteiger partial charge in [-0.05, 0) is 67.8 Å². The SMILES string of the molecule is CCC1(CC)C[C@@H](NC(=O)[C@@H]2CN(S(=O)(=O)c3ccc(OC)cc3)c3cc(C)ccc3O2)c2ccccc2O1. The number of rotatable bonds is 7. The average molecular weight is 551 g/mol. The summed E-state index contributed by atoms with van der Waals surface area (Å²) >= 11 is 0. The number of aryl methyl sites for hydroxylation is 1. The summed E-state index contributed by atoms with van der Waals surface area (Å²) in [6.45, 7) is 5.89. The van der Waals surface area contributed by atoms with E-state index in [4.69, 9.17) is 14.2 Å². The molecule has 0 spiro atoms. The smallest absolute Gasteiger partial charge is 0.264 e. The predicted octanol–water partition coefficient (Wildman–Crippen LogP) is 5.16. The number of hydrogen-bond acceptors (Lipinski definition) is 6. The highest BCUT2D eigenvalue weighted by Gasteiger charge is 2.42. The van der Waals surface area contributed by atoms with E-state index in [1.807, 2.05) is 37.3 Å². The number of para-hydroxylation sites is 1. The van der Waals surface area contributed by atoms with E-state index >= 15 is 0 Å². The molecule has 0 bridgehead atoms. The normalized spacial score (nSPS) is 19.6. The zero-order valence-electron chi connectivity index (χ0n) is 22.6. The van der Waals surface area contributed by atoms with E-state index in [9.17, 15) is 13.2 Å². The standard InChI is InChI=1S/C30H34N2O6S/c1-5-30(6-2)18-24(23-9-7-8-10-26(23)38-30)31-29(33)28-19-32(25-17-20(3)11-16-27(25)37-28)39(34,35)22-14-12-21(36-4)13-15-22/h7-17,24,28H,5-6,18-19H2,1-4H3,(H,31,33)/t24-,28+/m1/s1. The molecule has 9 heteroatoms. The van der Waals surface area contributed by atoms with E-state index in [0.717, 1.165) is 29.7 Å². The molecule has 3 aromatic rings. The fourth-order valence-electron chi connectivity index (χ4n) is 5.30. The summed E-state index contributed by atoms with van der Waals surface area (Å²) in [5.74, 6) is 1.27. The van der Waals surface area contributed by atoms with Crippen LogP contribution in [0.1, 0.15) is 50.3 Å². The minimum absolute atomic E-state index is 0.103. The quantitative estimate of drug-likeness (QED) is 0.437. The molecule has 0 saturated carbocycles. The van der Waals surface area contributed by atoms with Crippen LogP contribution in [0.3, 0.4) is 0 Å². The van der Waals surface area contributed by atoms with Crippen molar-refractivity contribution in [2.45, 2.75) is 62.7 Å². The van der Waals surface area contributed by atoms with Gasteiger partial charge in [0.25, 0.3) is 15.9 Å². The molecule has 0 fully saturated rings. The number of fused-ring (bicyclic) bond motifs is 2. The fraction of sp³-hybridized carbons (Fsp3) is 0.367. The van der Waals surface area contributed by atoms with Crippen LogP contribution in [-0.2, 0) is 14.8 Å². The van der Waals surface area contributed by atoms with Gasteiger partial charge in [0.2, 0.25) is 0 Å². The monoisotopic (exact) mass is 550 g/mol. The molecule has 2 heterocycles. The van der Waals surface area contributed by atoms with Gasteiger partial charge in [0.1, 0.15) is 22.8 Å². The zero-order chi connectivity index (χ0) is 27.8. The third-order valence-electron chi connectivity index (χ3n) is 7.73. The number of benzene rings is 3. The number of amides is 1. The van der Waals surface area contributed by atoms with Crippen LogP contribution < -0.4 is 23.8 Å². The number of sulfonamides is 1. The number of ether oxygens (including phenoxy) is 3. The molecule has 206 valence electrons. The Morgan fingerprint density at radius 2 is 1.77 bits per heavy atom. The number of hydrogen-bond donors (Lipinski definition) is 1. The molecule has 2 aliphatic heterocycles. The molecule has 1 amide bonds. The summed E-state index contributed by atoms with van der Waals surface area (Å²) in [6, 6.07) is 18.9. The van der Waals surface area contributed by atoms with Gasteiger partial charge in [-0.3, -0.25) is 9.10 Å². The maximum absolute atomic E-state index is 13.8. The summed E-state index contributed by atoms with van der Waals surface area (Å²) in [4.78, 5) is 13.8. The second kappa shape index (κ2) is 10.4. The van der Waals surface area contributed by atoms with E-state index in [2.05, 4.69) is 19.2 Å². The highest BCUT2D eigenvalue weighted by molar-refractivity contribution is 7.92. The predicted molar refractivity (Wildman–Crippen MR) is 149 cm³/mol. The van der Waals surface area contributed by atoms with E-state index in [0.29, 0.717) is 23.6 Å². The lowest BCUT2D eigenvalue weighted by molar-refractivity contribution is -0.129. The lowest BCUT2D eigenvalue weighted by Gasteiger charge is -2.42. The van der Waals surface area contributed by atoms with Gasteiger partial charge in [0.15, 0.2) is 6.10 Å². The lowest BCUT2D eigenvalue weighted by Crippen LogP contribution is -2.52. The van der Waals surface area contributed by atoms with E-state index in [1.54, 1.807) is 24.3 Å². The van der Waals surface area contributed by atoms with Crippen molar-refractivity contribution < 1.29 is 27.4 Å². The zero-order valence-corrected chi connectivity index (χ0v) is 23.5. The van der Waals surface area contributed by atoms with Gasteiger partial charge in [-0.25, -0.2) is 8.42 Å². The summed E-state index contributed by atoms with van der Waals surface area (Å²) in [5, 5.41) is 3.16. The van der Waals surface area contributed by atoms with Gasteiger partial charge in [0.05, 0.1) is 30.3 Å². The number of carbonyl (C=O) groups excluding carboxylic acids is 1. The van der Waals surface area contributed by atoms with Crippen LogP contribution in [0.25, 0.3) is 0 Å². The molecule has 39 heavy (non-hydrogen) atoms. The third kappa shape index (κ3) is 5.03. The number of carbonyl (C=O) groups is 1. The minimum Gasteiger partial charge on any atom is -0.497 e. The maximum Gasteiger partial charge on any atom is 0.264 e. The van der Waals surface area contributed by atoms with Crippen LogP contribution in [0.2, 0.25) is 0 Å². The van der Waals surface area contributed by atoms with Crippen molar-refractivity contribution in [3.8, 4) is 17.2 Å². The van der Waals surface area contributed by atoms with Crippen molar-refractivity contribution in [2.75, 3.05) is 18.0 Å². The van der Waals surface area contributed by atoms with Crippen molar-refractivity contribution in [2.24, 2.45) is 0 Å². The highest BCUT2D eigenvalue weighted by Crippen LogP contribution is 2.43. The van der Waals surface area contributed by atoms with Gasteiger partial charge in [-0.2, -0.15) is 0 Å². The molecule has 1 N–H and O–H groups in total. The Bertz CT molecular complexity index is 1470.